The number of nitrogens with zero attached hydrogens (tertiary/aromatic N) is 5. The Balaban J connectivity index is 0.00000128. The predicted molar refractivity (Wildman–Crippen MR) is 138 cm³/mol. The van der Waals surface area contributed by atoms with Gasteiger partial charge in [0, 0.05) is 23.6 Å². The maximum absolute atomic E-state index is 13.4. The lowest BCUT2D eigenvalue weighted by atomic mass is 9.86. The van der Waals surface area contributed by atoms with Crippen molar-refractivity contribution in [2.45, 2.75) is 50.1 Å². The van der Waals surface area contributed by atoms with Crippen LogP contribution >= 0.6 is 63.7 Å². The van der Waals surface area contributed by atoms with Crippen LogP contribution in [0.3, 0.4) is 0 Å². The summed E-state index contributed by atoms with van der Waals surface area (Å²) in [7, 11) is 0. The van der Waals surface area contributed by atoms with Gasteiger partial charge in [-0.05, 0) is 49.9 Å². The Labute approximate surface area is 220 Å². The lowest BCUT2D eigenvalue weighted by molar-refractivity contribution is 0.0554. The fraction of sp³-hybridized carbons (Fsp3) is 0.400. The number of halogens is 4. The number of rotatable bonds is 3. The normalized spacial score (nSPS) is 21.4. The van der Waals surface area contributed by atoms with Crippen LogP contribution in [-0.4, -0.2) is 42.5 Å². The largest absolute Gasteiger partial charge is 0.332 e. The molecule has 3 aromatic rings. The lowest BCUT2D eigenvalue weighted by Gasteiger charge is -2.40. The van der Waals surface area contributed by atoms with E-state index in [9.17, 15) is 13.6 Å². The number of alkyl halides is 2. The number of amides is 1. The first kappa shape index (κ1) is 28.0. The Morgan fingerprint density at radius 1 is 1.03 bits per heavy atom. The number of piperidine rings is 1. The molecule has 5 rings (SSSR count). The fourth-order valence-corrected chi connectivity index (χ4v) is 5.12. The van der Waals surface area contributed by atoms with Gasteiger partial charge in [-0.2, -0.15) is 50.6 Å². The van der Waals surface area contributed by atoms with E-state index in [0.717, 1.165) is 25.7 Å². The van der Waals surface area contributed by atoms with Gasteiger partial charge in [-0.1, -0.05) is 23.2 Å². The lowest BCUT2D eigenvalue weighted by Crippen LogP contribution is -2.47. The van der Waals surface area contributed by atoms with Gasteiger partial charge in [0.05, 0.1) is 15.7 Å². The van der Waals surface area contributed by atoms with Crippen LogP contribution in [-0.2, 0) is 0 Å². The molecule has 1 aromatic carbocycles. The van der Waals surface area contributed by atoms with Crippen LogP contribution in [0.15, 0.2) is 30.6 Å². The van der Waals surface area contributed by atoms with Gasteiger partial charge in [0.25, 0.3) is 18.1 Å². The van der Waals surface area contributed by atoms with E-state index in [2.05, 4.69) is 15.1 Å². The van der Waals surface area contributed by atoms with Crippen molar-refractivity contribution in [3.8, 4) is 0 Å². The molecule has 4 heterocycles. The van der Waals surface area contributed by atoms with Crippen LogP contribution in [0.25, 0.3) is 5.78 Å². The molecule has 2 saturated heterocycles. The summed E-state index contributed by atoms with van der Waals surface area (Å²) in [6, 6.07) is 6.25. The van der Waals surface area contributed by atoms with Crippen molar-refractivity contribution in [1.82, 2.24) is 24.5 Å². The first-order valence-corrected chi connectivity index (χ1v) is 10.5. The van der Waals surface area contributed by atoms with Crippen LogP contribution in [0.5, 0.6) is 0 Å². The minimum atomic E-state index is -2.71. The van der Waals surface area contributed by atoms with E-state index in [1.807, 2.05) is 4.90 Å². The monoisotopic (exact) mass is 553 g/mol. The molecule has 3 atom stereocenters. The van der Waals surface area contributed by atoms with Gasteiger partial charge >= 0.3 is 0 Å². The van der Waals surface area contributed by atoms with Crippen molar-refractivity contribution in [1.29, 1.82) is 0 Å². The summed E-state index contributed by atoms with van der Waals surface area (Å²) < 4.78 is 28.4. The van der Waals surface area contributed by atoms with Gasteiger partial charge in [-0.15, -0.1) is 0 Å². The molecule has 13 heteroatoms. The summed E-state index contributed by atoms with van der Waals surface area (Å²) in [5.74, 6) is -0.116. The number of hydrogen-bond donors (Lipinski definition) is 0. The number of benzene rings is 1. The Kier molecular flexibility index (Phi) is 9.31. The zero-order valence-corrected chi connectivity index (χ0v) is 21.7. The van der Waals surface area contributed by atoms with Crippen molar-refractivity contribution in [3.63, 3.8) is 0 Å². The maximum Gasteiger partial charge on any atom is 0.280 e. The van der Waals surface area contributed by atoms with Crippen molar-refractivity contribution < 1.29 is 13.6 Å². The van der Waals surface area contributed by atoms with Crippen LogP contribution in [0.4, 0.5) is 8.78 Å². The van der Waals surface area contributed by atoms with E-state index in [1.165, 1.54) is 16.9 Å². The Morgan fingerprint density at radius 3 is 2.45 bits per heavy atom. The zero-order chi connectivity index (χ0) is 21.0. The van der Waals surface area contributed by atoms with E-state index in [1.54, 1.807) is 18.2 Å². The van der Waals surface area contributed by atoms with E-state index in [4.69, 9.17) is 23.2 Å². The summed E-state index contributed by atoms with van der Waals surface area (Å²) in [5.41, 5.74) is 0.758. The molecule has 1 amide bonds. The third-order valence-electron chi connectivity index (χ3n) is 6.13. The molecule has 0 unspecified atom stereocenters. The second-order valence-corrected chi connectivity index (χ2v) is 8.52. The fourth-order valence-electron chi connectivity index (χ4n) is 4.82. The number of carbonyl (C=O) groups is 1. The number of hydrogen-bond acceptors (Lipinski definition) is 4. The van der Waals surface area contributed by atoms with Crippen molar-refractivity contribution in [2.24, 2.45) is 0 Å². The van der Waals surface area contributed by atoms with Crippen LogP contribution in [0.1, 0.15) is 59.8 Å². The third-order valence-corrected chi connectivity index (χ3v) is 6.86. The average molecular weight is 555 g/mol. The van der Waals surface area contributed by atoms with Crippen molar-refractivity contribution in [3.05, 3.63) is 57.6 Å². The number of aromatic nitrogens is 4. The molecular weight excluding hydrogens is 531 g/mol. The first-order chi connectivity index (χ1) is 14.4. The van der Waals surface area contributed by atoms with Gasteiger partial charge in [0.1, 0.15) is 12.0 Å². The molecule has 2 bridgehead atoms. The highest BCUT2D eigenvalue weighted by Gasteiger charge is 2.46. The Morgan fingerprint density at radius 2 is 1.76 bits per heavy atom. The summed E-state index contributed by atoms with van der Waals surface area (Å²) in [5, 5.41) is 4.90. The molecule has 2 aliphatic rings. The van der Waals surface area contributed by atoms with Crippen LogP contribution in [0, 0.1) is 0 Å². The molecule has 2 aromatic heterocycles. The van der Waals surface area contributed by atoms with Gasteiger partial charge in [-0.3, -0.25) is 4.79 Å². The molecule has 0 radical (unpaired) electrons. The summed E-state index contributed by atoms with van der Waals surface area (Å²) in [6.07, 6.45) is 1.84. The maximum atomic E-state index is 13.4. The van der Waals surface area contributed by atoms with Gasteiger partial charge in [0.15, 0.2) is 0 Å². The highest BCUT2D eigenvalue weighted by molar-refractivity contribution is 7.59. The van der Waals surface area contributed by atoms with Gasteiger partial charge < -0.3 is 4.90 Å². The number of carbonyl (C=O) groups excluding carboxylic acids is 1. The minimum absolute atomic E-state index is 0. The zero-order valence-electron chi connectivity index (χ0n) is 17.2. The molecule has 2 fully saturated rings. The molecule has 2 aliphatic heterocycles. The molecule has 33 heavy (non-hydrogen) atoms. The summed E-state index contributed by atoms with van der Waals surface area (Å²) in [4.78, 5) is 23.1. The minimum Gasteiger partial charge on any atom is -0.332 e. The summed E-state index contributed by atoms with van der Waals surface area (Å²) >= 11 is 12.1. The van der Waals surface area contributed by atoms with E-state index in [0.29, 0.717) is 21.3 Å². The second-order valence-electron chi connectivity index (χ2n) is 7.70. The Bertz CT molecular complexity index is 1150. The smallest absolute Gasteiger partial charge is 0.280 e. The molecule has 0 spiro atoms. The molecule has 180 valence electrons. The third kappa shape index (κ3) is 4.93. The number of fused-ring (bicyclic) bond motifs is 3. The molecule has 0 aliphatic carbocycles. The van der Waals surface area contributed by atoms with Crippen LogP contribution < -0.4 is 0 Å². The van der Waals surface area contributed by atoms with E-state index in [-0.39, 0.29) is 75.9 Å². The van der Waals surface area contributed by atoms with Crippen molar-refractivity contribution >= 4 is 75.4 Å². The van der Waals surface area contributed by atoms with Gasteiger partial charge in [-0.25, -0.2) is 18.3 Å². The van der Waals surface area contributed by atoms with E-state index >= 15 is 0 Å². The highest BCUT2D eigenvalue weighted by Crippen LogP contribution is 2.45. The van der Waals surface area contributed by atoms with Crippen LogP contribution in [0.2, 0.25) is 10.0 Å². The quantitative estimate of drug-likeness (QED) is 0.443. The summed E-state index contributed by atoms with van der Waals surface area (Å²) in [6.45, 7) is 0. The molecule has 0 saturated carbocycles. The average Bonchev–Trinajstić information content (AvgIpc) is 3.32. The second kappa shape index (κ2) is 11.0. The SMILES string of the molecule is O=C(c1ccc(Cl)c(Cl)c1)N1[C@H]2CC[C@H](c3cc(C(F)F)nc4ncnn34)[C@@H]1CC2.S.S.S. The molecule has 6 nitrogen and oxygen atoms in total. The predicted octanol–water partition coefficient (Wildman–Crippen LogP) is 5.26. The van der Waals surface area contributed by atoms with E-state index < -0.39 is 6.43 Å². The first-order valence-electron chi connectivity index (χ1n) is 9.70. The standard InChI is InChI=1S/C20H17Cl2F2N5O.3H2S/c21-13-5-1-10(7-14(13)22)19(30)28-11-2-4-12(16(28)6-3-11)17-8-15(18(23)24)27-20-25-9-26-29(17)20;;;/h1,5,7-9,11-12,16,18H,2-4,6H2;3*1H2/t11-,12-,16-;;;/m0.../s1. The molecule has 0 N–H and O–H groups in total. The topological polar surface area (TPSA) is 63.4 Å². The molecular formula is C20H23Cl2F2N5OS3. The highest BCUT2D eigenvalue weighted by atomic mass is 35.5. The van der Waals surface area contributed by atoms with Crippen molar-refractivity contribution in [2.75, 3.05) is 0 Å². The van der Waals surface area contributed by atoms with Gasteiger partial charge in [0.2, 0.25) is 0 Å². The Hall–Kier alpha value is -1.27.